The summed E-state index contributed by atoms with van der Waals surface area (Å²) in [6.07, 6.45) is 3.49. The fraction of sp³-hybridized carbons (Fsp3) is 0.294. The van der Waals surface area contributed by atoms with Crippen molar-refractivity contribution in [2.45, 2.75) is 33.4 Å². The van der Waals surface area contributed by atoms with E-state index < -0.39 is 0 Å². The monoisotopic (exact) mass is 341 g/mol. The third-order valence-electron chi connectivity index (χ3n) is 3.65. The summed E-state index contributed by atoms with van der Waals surface area (Å²) in [5.41, 5.74) is 3.33. The van der Waals surface area contributed by atoms with Gasteiger partial charge in [-0.2, -0.15) is 5.10 Å². The molecule has 7 heteroatoms. The Labute approximate surface area is 144 Å². The topological polar surface area (TPSA) is 72.7 Å². The second kappa shape index (κ2) is 6.92. The molecule has 1 N–H and O–H groups in total. The fourth-order valence-corrected chi connectivity index (χ4v) is 3.28. The van der Waals surface area contributed by atoms with Crippen LogP contribution in [0.4, 0.5) is 0 Å². The number of aryl methyl sites for hydroxylation is 2. The fourth-order valence-electron chi connectivity index (χ4n) is 2.44. The van der Waals surface area contributed by atoms with Gasteiger partial charge in [-0.3, -0.25) is 14.5 Å². The number of carbonyl (C=O) groups excluding carboxylic acids is 1. The molecule has 0 unspecified atom stereocenters. The Kier molecular flexibility index (Phi) is 4.71. The Morgan fingerprint density at radius 1 is 1.38 bits per heavy atom. The first-order chi connectivity index (χ1) is 11.6. The van der Waals surface area contributed by atoms with Crippen molar-refractivity contribution in [2.24, 2.45) is 0 Å². The van der Waals surface area contributed by atoms with Crippen LogP contribution in [0.25, 0.3) is 11.3 Å². The molecular formula is C17H19N5OS. The third-order valence-corrected chi connectivity index (χ3v) is 4.68. The van der Waals surface area contributed by atoms with E-state index in [2.05, 4.69) is 20.4 Å². The lowest BCUT2D eigenvalue weighted by molar-refractivity contribution is 0.0929. The number of amides is 1. The molecule has 3 aromatic rings. The molecule has 3 rings (SSSR count). The van der Waals surface area contributed by atoms with Crippen molar-refractivity contribution in [3.63, 3.8) is 0 Å². The van der Waals surface area contributed by atoms with E-state index in [1.807, 2.05) is 38.3 Å². The summed E-state index contributed by atoms with van der Waals surface area (Å²) < 4.78 is 1.71. The minimum atomic E-state index is -0.168. The Hall–Kier alpha value is -2.54. The maximum atomic E-state index is 12.5. The predicted molar refractivity (Wildman–Crippen MR) is 93.9 cm³/mol. The van der Waals surface area contributed by atoms with Crippen LogP contribution in [0.3, 0.4) is 0 Å². The zero-order valence-corrected chi connectivity index (χ0v) is 14.7. The van der Waals surface area contributed by atoms with Gasteiger partial charge in [-0.05, 0) is 39.0 Å². The molecule has 0 saturated heterocycles. The lowest BCUT2D eigenvalue weighted by Crippen LogP contribution is -2.28. The number of carbonyl (C=O) groups is 1. The zero-order chi connectivity index (χ0) is 17.1. The molecule has 0 radical (unpaired) electrons. The summed E-state index contributed by atoms with van der Waals surface area (Å²) in [4.78, 5) is 21.1. The molecule has 6 nitrogen and oxygen atoms in total. The van der Waals surface area contributed by atoms with E-state index in [1.165, 1.54) is 11.3 Å². The van der Waals surface area contributed by atoms with Gasteiger partial charge in [-0.15, -0.1) is 11.3 Å². The first-order valence-corrected chi connectivity index (χ1v) is 8.67. The van der Waals surface area contributed by atoms with Crippen molar-refractivity contribution in [3.05, 3.63) is 52.4 Å². The molecule has 0 aliphatic rings. The summed E-state index contributed by atoms with van der Waals surface area (Å²) in [6.45, 7) is 6.45. The molecule has 124 valence electrons. The van der Waals surface area contributed by atoms with Crippen LogP contribution >= 0.6 is 11.3 Å². The Balaban J connectivity index is 1.74. The SMILES string of the molecule is CCn1nc(C)cc1C(=O)N[C@@H](C)c1nc(-c2ccncc2)cs1. The van der Waals surface area contributed by atoms with Crippen molar-refractivity contribution in [1.29, 1.82) is 0 Å². The van der Waals surface area contributed by atoms with E-state index in [0.717, 1.165) is 22.0 Å². The van der Waals surface area contributed by atoms with Gasteiger partial charge < -0.3 is 5.32 Å². The Morgan fingerprint density at radius 2 is 2.12 bits per heavy atom. The van der Waals surface area contributed by atoms with Gasteiger partial charge in [0.2, 0.25) is 0 Å². The molecule has 0 aromatic carbocycles. The van der Waals surface area contributed by atoms with E-state index in [9.17, 15) is 4.79 Å². The van der Waals surface area contributed by atoms with E-state index >= 15 is 0 Å². The van der Waals surface area contributed by atoms with Gasteiger partial charge in [0.1, 0.15) is 10.7 Å². The second-order valence-corrected chi connectivity index (χ2v) is 6.38. The molecule has 0 bridgehead atoms. The van der Waals surface area contributed by atoms with E-state index in [4.69, 9.17) is 0 Å². The predicted octanol–water partition coefficient (Wildman–Crippen LogP) is 3.22. The van der Waals surface area contributed by atoms with Gasteiger partial charge in [0, 0.05) is 29.9 Å². The van der Waals surface area contributed by atoms with Crippen LogP contribution in [0.5, 0.6) is 0 Å². The lowest BCUT2D eigenvalue weighted by atomic mass is 10.2. The molecule has 0 saturated carbocycles. The highest BCUT2D eigenvalue weighted by molar-refractivity contribution is 7.10. The molecule has 0 aliphatic heterocycles. The minimum Gasteiger partial charge on any atom is -0.342 e. The van der Waals surface area contributed by atoms with Crippen molar-refractivity contribution in [2.75, 3.05) is 0 Å². The summed E-state index contributed by atoms with van der Waals surface area (Å²) in [6, 6.07) is 5.48. The molecule has 3 aromatic heterocycles. The number of nitrogens with one attached hydrogen (secondary N) is 1. The summed E-state index contributed by atoms with van der Waals surface area (Å²) in [5.74, 6) is -0.134. The van der Waals surface area contributed by atoms with Crippen LogP contribution in [0.2, 0.25) is 0 Å². The standard InChI is InChI=1S/C17H19N5OS/c1-4-22-15(9-11(2)21-22)16(23)19-12(3)17-20-14(10-24-17)13-5-7-18-8-6-13/h5-10,12H,4H2,1-3H3,(H,19,23)/t12-/m0/s1. The van der Waals surface area contributed by atoms with E-state index in [-0.39, 0.29) is 11.9 Å². The van der Waals surface area contributed by atoms with Crippen molar-refractivity contribution in [3.8, 4) is 11.3 Å². The number of thiazole rings is 1. The molecular weight excluding hydrogens is 322 g/mol. The first-order valence-electron chi connectivity index (χ1n) is 7.79. The average molecular weight is 341 g/mol. The van der Waals surface area contributed by atoms with Gasteiger partial charge in [0.25, 0.3) is 5.91 Å². The summed E-state index contributed by atoms with van der Waals surface area (Å²) in [7, 11) is 0. The molecule has 0 fully saturated rings. The number of pyridine rings is 1. The van der Waals surface area contributed by atoms with Gasteiger partial charge in [-0.25, -0.2) is 4.98 Å². The smallest absolute Gasteiger partial charge is 0.270 e. The lowest BCUT2D eigenvalue weighted by Gasteiger charge is -2.11. The summed E-state index contributed by atoms with van der Waals surface area (Å²) in [5, 5.41) is 10.2. The highest BCUT2D eigenvalue weighted by Crippen LogP contribution is 2.25. The quantitative estimate of drug-likeness (QED) is 0.773. The number of nitrogens with zero attached hydrogens (tertiary/aromatic N) is 4. The number of aromatic nitrogens is 4. The highest BCUT2D eigenvalue weighted by Gasteiger charge is 2.18. The zero-order valence-electron chi connectivity index (χ0n) is 13.9. The van der Waals surface area contributed by atoms with E-state index in [0.29, 0.717) is 12.2 Å². The molecule has 1 amide bonds. The van der Waals surface area contributed by atoms with Gasteiger partial charge >= 0.3 is 0 Å². The van der Waals surface area contributed by atoms with Crippen molar-refractivity contribution in [1.82, 2.24) is 25.1 Å². The molecule has 0 spiro atoms. The largest absolute Gasteiger partial charge is 0.342 e. The van der Waals surface area contributed by atoms with Crippen LogP contribution in [0.1, 0.15) is 41.1 Å². The third kappa shape index (κ3) is 3.35. The number of hydrogen-bond acceptors (Lipinski definition) is 5. The number of hydrogen-bond donors (Lipinski definition) is 1. The number of rotatable bonds is 5. The molecule has 0 aliphatic carbocycles. The molecule has 24 heavy (non-hydrogen) atoms. The molecule has 1 atom stereocenters. The van der Waals surface area contributed by atoms with Crippen LogP contribution in [-0.2, 0) is 6.54 Å². The minimum absolute atomic E-state index is 0.134. The van der Waals surface area contributed by atoms with Gasteiger partial charge in [0.05, 0.1) is 17.4 Å². The maximum Gasteiger partial charge on any atom is 0.270 e. The van der Waals surface area contributed by atoms with Crippen LogP contribution < -0.4 is 5.32 Å². The highest BCUT2D eigenvalue weighted by atomic mass is 32.1. The van der Waals surface area contributed by atoms with E-state index in [1.54, 1.807) is 23.1 Å². The Morgan fingerprint density at radius 3 is 2.83 bits per heavy atom. The maximum absolute atomic E-state index is 12.5. The van der Waals surface area contributed by atoms with Crippen molar-refractivity contribution >= 4 is 17.2 Å². The summed E-state index contributed by atoms with van der Waals surface area (Å²) >= 11 is 1.54. The van der Waals surface area contributed by atoms with Gasteiger partial charge in [0.15, 0.2) is 0 Å². The average Bonchev–Trinajstić information content (AvgIpc) is 3.22. The Bertz CT molecular complexity index is 840. The van der Waals surface area contributed by atoms with Crippen LogP contribution in [0.15, 0.2) is 36.0 Å². The molecule has 3 heterocycles. The van der Waals surface area contributed by atoms with Crippen LogP contribution in [0, 0.1) is 6.92 Å². The van der Waals surface area contributed by atoms with Crippen molar-refractivity contribution < 1.29 is 4.79 Å². The van der Waals surface area contributed by atoms with Gasteiger partial charge in [-0.1, -0.05) is 0 Å². The first kappa shape index (κ1) is 16.3. The van der Waals surface area contributed by atoms with Crippen LogP contribution in [-0.4, -0.2) is 25.7 Å². The normalized spacial score (nSPS) is 12.1. The second-order valence-electron chi connectivity index (χ2n) is 5.49.